The van der Waals surface area contributed by atoms with Crippen molar-refractivity contribution in [2.45, 2.75) is 32.3 Å². The molecule has 0 radical (unpaired) electrons. The fraction of sp³-hybridized carbons (Fsp3) is 0.429. The molecule has 0 unspecified atom stereocenters. The lowest BCUT2D eigenvalue weighted by molar-refractivity contribution is -0.0306. The van der Waals surface area contributed by atoms with Gasteiger partial charge in [-0.15, -0.1) is 0 Å². The highest BCUT2D eigenvalue weighted by Gasteiger charge is 2.34. The Morgan fingerprint density at radius 3 is 2.60 bits per heavy atom. The molecule has 20 heavy (non-hydrogen) atoms. The molecule has 0 saturated carbocycles. The summed E-state index contributed by atoms with van der Waals surface area (Å²) in [7, 11) is 1.63. The molecule has 0 aliphatic rings. The van der Waals surface area contributed by atoms with Gasteiger partial charge in [0.25, 0.3) is 5.89 Å². The quantitative estimate of drug-likeness (QED) is 0.910. The van der Waals surface area contributed by atoms with Crippen molar-refractivity contribution in [1.82, 2.24) is 10.1 Å². The van der Waals surface area contributed by atoms with E-state index in [0.717, 1.165) is 12.8 Å². The molecule has 0 spiro atoms. The minimum atomic E-state index is -0.566. The molecule has 0 amide bonds. The number of nitrogens with zero attached hydrogens (tertiary/aromatic N) is 2. The van der Waals surface area contributed by atoms with Gasteiger partial charge in [0.2, 0.25) is 5.82 Å². The zero-order valence-corrected chi connectivity index (χ0v) is 12.4. The molecule has 6 heteroatoms. The number of phenolic OH excluding ortho intramolecular Hbond substituents is 1. The van der Waals surface area contributed by atoms with Crippen LogP contribution in [0.25, 0.3) is 11.5 Å². The summed E-state index contributed by atoms with van der Waals surface area (Å²) in [6, 6.07) is 4.73. The SMILES string of the molecule is CCC(CC)(OC)c1noc(-c2ccc(Cl)cc2O)n1. The highest BCUT2D eigenvalue weighted by Crippen LogP contribution is 2.34. The first-order valence-electron chi connectivity index (χ1n) is 6.44. The fourth-order valence-electron chi connectivity index (χ4n) is 2.15. The number of phenols is 1. The van der Waals surface area contributed by atoms with Crippen molar-refractivity contribution in [3.05, 3.63) is 29.0 Å². The van der Waals surface area contributed by atoms with E-state index >= 15 is 0 Å². The Labute approximate surface area is 122 Å². The first kappa shape index (κ1) is 14.8. The van der Waals surface area contributed by atoms with Gasteiger partial charge in [-0.25, -0.2) is 0 Å². The molecule has 0 saturated heterocycles. The average molecular weight is 297 g/mol. The fourth-order valence-corrected chi connectivity index (χ4v) is 2.32. The number of rotatable bonds is 5. The molecule has 0 atom stereocenters. The van der Waals surface area contributed by atoms with Crippen molar-refractivity contribution < 1.29 is 14.4 Å². The number of hydrogen-bond acceptors (Lipinski definition) is 5. The molecule has 108 valence electrons. The molecule has 1 heterocycles. The van der Waals surface area contributed by atoms with Gasteiger partial charge in [0.15, 0.2) is 0 Å². The number of halogens is 1. The van der Waals surface area contributed by atoms with Crippen LogP contribution in [0.1, 0.15) is 32.5 Å². The van der Waals surface area contributed by atoms with Gasteiger partial charge in [-0.05, 0) is 31.0 Å². The Balaban J connectivity index is 2.42. The van der Waals surface area contributed by atoms with Crippen molar-refractivity contribution in [2.75, 3.05) is 7.11 Å². The van der Waals surface area contributed by atoms with Gasteiger partial charge in [-0.1, -0.05) is 30.6 Å². The molecule has 1 aromatic carbocycles. The number of hydrogen-bond donors (Lipinski definition) is 1. The third-order valence-electron chi connectivity index (χ3n) is 3.56. The number of methoxy groups -OCH3 is 1. The summed E-state index contributed by atoms with van der Waals surface area (Å²) in [5.41, 5.74) is -0.116. The standard InChI is InChI=1S/C14H17ClN2O3/c1-4-14(5-2,19-3)13-16-12(20-17-13)10-7-6-9(15)8-11(10)18/h6-8,18H,4-5H2,1-3H3. The highest BCUT2D eigenvalue weighted by atomic mass is 35.5. The van der Waals surface area contributed by atoms with Crippen molar-refractivity contribution in [3.8, 4) is 17.2 Å². The summed E-state index contributed by atoms with van der Waals surface area (Å²) in [5.74, 6) is 0.732. The van der Waals surface area contributed by atoms with Gasteiger partial charge < -0.3 is 14.4 Å². The maximum absolute atomic E-state index is 9.88. The third-order valence-corrected chi connectivity index (χ3v) is 3.79. The number of ether oxygens (including phenoxy) is 1. The Morgan fingerprint density at radius 2 is 2.05 bits per heavy atom. The first-order valence-corrected chi connectivity index (χ1v) is 6.82. The van der Waals surface area contributed by atoms with E-state index in [9.17, 15) is 5.11 Å². The van der Waals surface area contributed by atoms with Crippen molar-refractivity contribution in [2.24, 2.45) is 0 Å². The minimum Gasteiger partial charge on any atom is -0.507 e. The highest BCUT2D eigenvalue weighted by molar-refractivity contribution is 6.30. The summed E-state index contributed by atoms with van der Waals surface area (Å²) >= 11 is 5.80. The number of aromatic nitrogens is 2. The molecule has 0 aliphatic carbocycles. The lowest BCUT2D eigenvalue weighted by Crippen LogP contribution is -2.28. The Morgan fingerprint density at radius 1 is 1.35 bits per heavy atom. The van der Waals surface area contributed by atoms with Crippen LogP contribution in [-0.2, 0) is 10.3 Å². The second-order valence-electron chi connectivity index (χ2n) is 4.49. The van der Waals surface area contributed by atoms with E-state index in [1.165, 1.54) is 6.07 Å². The van der Waals surface area contributed by atoms with Gasteiger partial charge in [0.05, 0.1) is 5.56 Å². The van der Waals surface area contributed by atoms with Crippen molar-refractivity contribution >= 4 is 11.6 Å². The zero-order valence-electron chi connectivity index (χ0n) is 11.7. The van der Waals surface area contributed by atoms with E-state index < -0.39 is 5.60 Å². The van der Waals surface area contributed by atoms with Crippen LogP contribution in [-0.4, -0.2) is 22.4 Å². The van der Waals surface area contributed by atoms with Crippen LogP contribution in [0, 0.1) is 0 Å². The molecule has 2 aromatic rings. The van der Waals surface area contributed by atoms with Crippen LogP contribution in [0.5, 0.6) is 5.75 Å². The maximum Gasteiger partial charge on any atom is 0.261 e. The maximum atomic E-state index is 9.88. The smallest absolute Gasteiger partial charge is 0.261 e. The normalized spacial score (nSPS) is 11.8. The van der Waals surface area contributed by atoms with E-state index in [1.54, 1.807) is 19.2 Å². The number of aromatic hydroxyl groups is 1. The lowest BCUT2D eigenvalue weighted by atomic mass is 9.96. The Hall–Kier alpha value is -1.59. The summed E-state index contributed by atoms with van der Waals surface area (Å²) in [5, 5.41) is 14.3. The van der Waals surface area contributed by atoms with Gasteiger partial charge in [0.1, 0.15) is 11.4 Å². The molecule has 5 nitrogen and oxygen atoms in total. The van der Waals surface area contributed by atoms with Crippen LogP contribution in [0.2, 0.25) is 5.02 Å². The van der Waals surface area contributed by atoms with E-state index in [4.69, 9.17) is 20.9 Å². The topological polar surface area (TPSA) is 68.4 Å². The van der Waals surface area contributed by atoms with Crippen molar-refractivity contribution in [1.29, 1.82) is 0 Å². The number of benzene rings is 1. The third kappa shape index (κ3) is 2.51. The summed E-state index contributed by atoms with van der Waals surface area (Å²) in [6.45, 7) is 4.01. The van der Waals surface area contributed by atoms with Gasteiger partial charge in [-0.2, -0.15) is 4.98 Å². The molecule has 2 rings (SSSR count). The zero-order chi connectivity index (χ0) is 14.8. The largest absolute Gasteiger partial charge is 0.507 e. The van der Waals surface area contributed by atoms with Crippen LogP contribution < -0.4 is 0 Å². The van der Waals surface area contributed by atoms with Gasteiger partial charge >= 0.3 is 0 Å². The van der Waals surface area contributed by atoms with Crippen LogP contribution in [0.15, 0.2) is 22.7 Å². The average Bonchev–Trinajstić information content (AvgIpc) is 2.91. The van der Waals surface area contributed by atoms with Crippen LogP contribution in [0.3, 0.4) is 0 Å². The van der Waals surface area contributed by atoms with E-state index in [-0.39, 0.29) is 11.6 Å². The van der Waals surface area contributed by atoms with Crippen LogP contribution >= 0.6 is 11.6 Å². The second kappa shape index (κ2) is 5.81. The Kier molecular flexibility index (Phi) is 4.30. The first-order chi connectivity index (χ1) is 9.56. The second-order valence-corrected chi connectivity index (χ2v) is 4.93. The minimum absolute atomic E-state index is 0.00344. The Bertz CT molecular complexity index is 586. The predicted molar refractivity (Wildman–Crippen MR) is 75.7 cm³/mol. The molecule has 1 N–H and O–H groups in total. The summed E-state index contributed by atoms with van der Waals surface area (Å²) in [4.78, 5) is 4.35. The summed E-state index contributed by atoms with van der Waals surface area (Å²) < 4.78 is 10.8. The molecule has 0 aliphatic heterocycles. The van der Waals surface area contributed by atoms with E-state index in [1.807, 2.05) is 13.8 Å². The molecular formula is C14H17ClN2O3. The van der Waals surface area contributed by atoms with Gasteiger partial charge in [0, 0.05) is 12.1 Å². The molecule has 0 bridgehead atoms. The van der Waals surface area contributed by atoms with Crippen molar-refractivity contribution in [3.63, 3.8) is 0 Å². The summed E-state index contributed by atoms with van der Waals surface area (Å²) in [6.07, 6.45) is 1.46. The predicted octanol–water partition coefficient (Wildman–Crippen LogP) is 3.76. The van der Waals surface area contributed by atoms with E-state index in [0.29, 0.717) is 16.4 Å². The van der Waals surface area contributed by atoms with E-state index in [2.05, 4.69) is 10.1 Å². The molecule has 1 aromatic heterocycles. The van der Waals surface area contributed by atoms with Gasteiger partial charge in [-0.3, -0.25) is 0 Å². The van der Waals surface area contributed by atoms with Crippen LogP contribution in [0.4, 0.5) is 0 Å². The molecule has 0 fully saturated rings. The molecular weight excluding hydrogens is 280 g/mol. The lowest BCUT2D eigenvalue weighted by Gasteiger charge is -2.25. The monoisotopic (exact) mass is 296 g/mol.